The second kappa shape index (κ2) is 6.65. The van der Waals surface area contributed by atoms with Crippen LogP contribution in [0.1, 0.15) is 27.2 Å². The van der Waals surface area contributed by atoms with Gasteiger partial charge in [0.2, 0.25) is 0 Å². The van der Waals surface area contributed by atoms with Crippen LogP contribution in [0.3, 0.4) is 0 Å². The molecule has 0 N–H and O–H groups in total. The SMILES string of the molecule is CC=CCC=COC(=O)C(C)C. The van der Waals surface area contributed by atoms with Crippen LogP contribution < -0.4 is 0 Å². The highest BCUT2D eigenvalue weighted by atomic mass is 16.5. The third kappa shape index (κ3) is 5.71. The predicted molar refractivity (Wildman–Crippen MR) is 49.5 cm³/mol. The summed E-state index contributed by atoms with van der Waals surface area (Å²) in [7, 11) is 0. The number of carbonyl (C=O) groups excluding carboxylic acids is 1. The Morgan fingerprint density at radius 2 is 2.08 bits per heavy atom. The van der Waals surface area contributed by atoms with E-state index in [1.807, 2.05) is 32.9 Å². The van der Waals surface area contributed by atoms with Gasteiger partial charge in [0.15, 0.2) is 0 Å². The summed E-state index contributed by atoms with van der Waals surface area (Å²) in [5, 5.41) is 0. The summed E-state index contributed by atoms with van der Waals surface area (Å²) in [6.45, 7) is 5.57. The molecule has 12 heavy (non-hydrogen) atoms. The summed E-state index contributed by atoms with van der Waals surface area (Å²) >= 11 is 0. The standard InChI is InChI=1S/C10H16O2/c1-4-5-6-7-8-12-10(11)9(2)3/h4-5,7-9H,6H2,1-3H3. The first-order valence-electron chi connectivity index (χ1n) is 4.15. The molecular formula is C10H16O2. The first-order valence-corrected chi connectivity index (χ1v) is 4.15. The fraction of sp³-hybridized carbons (Fsp3) is 0.500. The zero-order chi connectivity index (χ0) is 9.40. The minimum atomic E-state index is -0.188. The fourth-order valence-corrected chi connectivity index (χ4v) is 0.521. The van der Waals surface area contributed by atoms with Crippen LogP contribution in [0.5, 0.6) is 0 Å². The van der Waals surface area contributed by atoms with Gasteiger partial charge in [-0.15, -0.1) is 0 Å². The number of hydrogen-bond acceptors (Lipinski definition) is 2. The van der Waals surface area contributed by atoms with Gasteiger partial charge in [0, 0.05) is 0 Å². The molecule has 0 aliphatic carbocycles. The molecule has 0 saturated heterocycles. The van der Waals surface area contributed by atoms with Crippen molar-refractivity contribution in [2.75, 3.05) is 0 Å². The summed E-state index contributed by atoms with van der Waals surface area (Å²) in [6, 6.07) is 0. The molecule has 0 aliphatic rings. The van der Waals surface area contributed by atoms with Crippen LogP contribution >= 0.6 is 0 Å². The average molecular weight is 168 g/mol. The molecular weight excluding hydrogens is 152 g/mol. The van der Waals surface area contributed by atoms with Crippen molar-refractivity contribution >= 4 is 5.97 Å². The maximum Gasteiger partial charge on any atom is 0.313 e. The molecule has 0 aromatic carbocycles. The summed E-state index contributed by atoms with van der Waals surface area (Å²) < 4.78 is 4.80. The minimum Gasteiger partial charge on any atom is -0.435 e. The highest BCUT2D eigenvalue weighted by Gasteiger charge is 2.04. The Balaban J connectivity index is 3.53. The topological polar surface area (TPSA) is 26.3 Å². The molecule has 68 valence electrons. The molecule has 0 rings (SSSR count). The van der Waals surface area contributed by atoms with Crippen molar-refractivity contribution in [2.24, 2.45) is 5.92 Å². The largest absolute Gasteiger partial charge is 0.435 e. The monoisotopic (exact) mass is 168 g/mol. The number of rotatable bonds is 4. The Labute approximate surface area is 73.9 Å². The Bertz CT molecular complexity index is 178. The van der Waals surface area contributed by atoms with Gasteiger partial charge in [0.25, 0.3) is 0 Å². The van der Waals surface area contributed by atoms with Crippen LogP contribution in [-0.2, 0) is 9.53 Å². The van der Waals surface area contributed by atoms with Crippen LogP contribution in [0.2, 0.25) is 0 Å². The summed E-state index contributed by atoms with van der Waals surface area (Å²) in [6.07, 6.45) is 8.00. The Morgan fingerprint density at radius 3 is 2.58 bits per heavy atom. The molecule has 0 amide bonds. The van der Waals surface area contributed by atoms with Crippen molar-refractivity contribution in [3.63, 3.8) is 0 Å². The van der Waals surface area contributed by atoms with Gasteiger partial charge >= 0.3 is 5.97 Å². The molecule has 0 spiro atoms. The van der Waals surface area contributed by atoms with Crippen LogP contribution in [0, 0.1) is 5.92 Å². The van der Waals surface area contributed by atoms with Gasteiger partial charge in [-0.2, -0.15) is 0 Å². The predicted octanol–water partition coefficient (Wildman–Crippen LogP) is 2.67. The average Bonchev–Trinajstić information content (AvgIpc) is 2.03. The van der Waals surface area contributed by atoms with E-state index in [1.165, 1.54) is 6.26 Å². The van der Waals surface area contributed by atoms with Crippen molar-refractivity contribution in [3.05, 3.63) is 24.5 Å². The maximum absolute atomic E-state index is 10.9. The zero-order valence-electron chi connectivity index (χ0n) is 7.91. The Hall–Kier alpha value is -1.05. The molecule has 0 unspecified atom stereocenters. The highest BCUT2D eigenvalue weighted by molar-refractivity contribution is 5.72. The smallest absolute Gasteiger partial charge is 0.313 e. The second-order valence-electron chi connectivity index (χ2n) is 2.77. The van der Waals surface area contributed by atoms with Gasteiger partial charge in [0.1, 0.15) is 0 Å². The highest BCUT2D eigenvalue weighted by Crippen LogP contribution is 1.96. The zero-order valence-corrected chi connectivity index (χ0v) is 7.91. The van der Waals surface area contributed by atoms with E-state index in [1.54, 1.807) is 6.08 Å². The van der Waals surface area contributed by atoms with Crippen LogP contribution in [0.4, 0.5) is 0 Å². The quantitative estimate of drug-likeness (QED) is 0.366. The van der Waals surface area contributed by atoms with E-state index in [0.29, 0.717) is 0 Å². The molecule has 0 radical (unpaired) electrons. The molecule has 0 saturated carbocycles. The van der Waals surface area contributed by atoms with Gasteiger partial charge in [-0.1, -0.05) is 26.0 Å². The van der Waals surface area contributed by atoms with E-state index >= 15 is 0 Å². The van der Waals surface area contributed by atoms with Gasteiger partial charge in [0.05, 0.1) is 12.2 Å². The third-order valence-electron chi connectivity index (χ3n) is 1.26. The molecule has 0 aromatic heterocycles. The first kappa shape index (κ1) is 11.0. The summed E-state index contributed by atoms with van der Waals surface area (Å²) in [5.41, 5.74) is 0. The van der Waals surface area contributed by atoms with E-state index in [2.05, 4.69) is 0 Å². The molecule has 0 atom stereocenters. The van der Waals surface area contributed by atoms with E-state index in [9.17, 15) is 4.79 Å². The van der Waals surface area contributed by atoms with E-state index < -0.39 is 0 Å². The molecule has 0 heterocycles. The molecule has 0 aliphatic heterocycles. The van der Waals surface area contributed by atoms with Gasteiger partial charge in [-0.3, -0.25) is 4.79 Å². The molecule has 2 heteroatoms. The van der Waals surface area contributed by atoms with Crippen molar-refractivity contribution < 1.29 is 9.53 Å². The lowest BCUT2D eigenvalue weighted by Crippen LogP contribution is -2.07. The summed E-state index contributed by atoms with van der Waals surface area (Å²) in [4.78, 5) is 10.9. The Morgan fingerprint density at radius 1 is 1.42 bits per heavy atom. The first-order chi connectivity index (χ1) is 5.68. The Kier molecular flexibility index (Phi) is 6.07. The second-order valence-corrected chi connectivity index (χ2v) is 2.77. The molecule has 0 aromatic rings. The van der Waals surface area contributed by atoms with Gasteiger partial charge in [-0.25, -0.2) is 0 Å². The lowest BCUT2D eigenvalue weighted by molar-refractivity contribution is -0.141. The van der Waals surface area contributed by atoms with Gasteiger partial charge < -0.3 is 4.74 Å². The minimum absolute atomic E-state index is 0.0589. The fourth-order valence-electron chi connectivity index (χ4n) is 0.521. The van der Waals surface area contributed by atoms with E-state index in [4.69, 9.17) is 4.74 Å². The van der Waals surface area contributed by atoms with Crippen LogP contribution in [0.25, 0.3) is 0 Å². The van der Waals surface area contributed by atoms with E-state index in [0.717, 1.165) is 6.42 Å². The third-order valence-corrected chi connectivity index (χ3v) is 1.26. The maximum atomic E-state index is 10.9. The van der Waals surface area contributed by atoms with Crippen LogP contribution in [-0.4, -0.2) is 5.97 Å². The van der Waals surface area contributed by atoms with Crippen molar-refractivity contribution in [1.29, 1.82) is 0 Å². The number of allylic oxidation sites excluding steroid dienone is 3. The van der Waals surface area contributed by atoms with Crippen LogP contribution in [0.15, 0.2) is 24.5 Å². The lowest BCUT2D eigenvalue weighted by atomic mass is 10.2. The van der Waals surface area contributed by atoms with Gasteiger partial charge in [-0.05, 0) is 19.4 Å². The molecule has 0 bridgehead atoms. The number of carbonyl (C=O) groups is 1. The lowest BCUT2D eigenvalue weighted by Gasteiger charge is -1.99. The van der Waals surface area contributed by atoms with Crippen molar-refractivity contribution in [1.82, 2.24) is 0 Å². The molecule has 2 nitrogen and oxygen atoms in total. The van der Waals surface area contributed by atoms with Crippen molar-refractivity contribution in [2.45, 2.75) is 27.2 Å². The number of esters is 1. The van der Waals surface area contributed by atoms with E-state index in [-0.39, 0.29) is 11.9 Å². The van der Waals surface area contributed by atoms with Crippen molar-refractivity contribution in [3.8, 4) is 0 Å². The summed E-state index contributed by atoms with van der Waals surface area (Å²) in [5.74, 6) is -0.247. The normalized spacial score (nSPS) is 11.7. The number of ether oxygens (including phenoxy) is 1. The molecule has 0 fully saturated rings. The number of hydrogen-bond donors (Lipinski definition) is 0.